The molecule has 1 aromatic heterocycles. The van der Waals surface area contributed by atoms with Crippen molar-refractivity contribution in [3.63, 3.8) is 0 Å². The first-order valence-electron chi connectivity index (χ1n) is 10.2. The van der Waals surface area contributed by atoms with E-state index in [4.69, 9.17) is 0 Å². The molecular weight excluding hydrogens is 369 g/mol. The summed E-state index contributed by atoms with van der Waals surface area (Å²) in [5.41, 5.74) is 2.28. The number of hydrogen-bond donors (Lipinski definition) is 2. The van der Waals surface area contributed by atoms with Gasteiger partial charge in [0.25, 0.3) is 0 Å². The minimum atomic E-state index is -0.219. The maximum atomic E-state index is 13.1. The second kappa shape index (κ2) is 9.03. The standard InChI is InChI=1S/C22H26FN5O/c23-18-7-3-16(4-8-18)17-5-9-19(10-6-17)25-22(29)26-20-11-14-28(15-12-20)21-2-1-13-24-27-21/h1-5,7-8,13,19-20H,6,9-12,14-15H2,(H2,25,26,29). The fourth-order valence-electron chi connectivity index (χ4n) is 4.02. The van der Waals surface area contributed by atoms with Crippen LogP contribution >= 0.6 is 0 Å². The number of nitrogens with zero attached hydrogens (tertiary/aromatic N) is 3. The molecule has 1 unspecified atom stereocenters. The van der Waals surface area contributed by atoms with Crippen molar-refractivity contribution in [3.05, 3.63) is 60.1 Å². The molecule has 0 spiro atoms. The number of amides is 2. The summed E-state index contributed by atoms with van der Waals surface area (Å²) in [6.07, 6.45) is 8.18. The summed E-state index contributed by atoms with van der Waals surface area (Å²) >= 11 is 0. The summed E-state index contributed by atoms with van der Waals surface area (Å²) < 4.78 is 13.1. The zero-order valence-corrected chi connectivity index (χ0v) is 16.4. The molecule has 1 saturated heterocycles. The van der Waals surface area contributed by atoms with Gasteiger partial charge in [-0.3, -0.25) is 0 Å². The Bertz CT molecular complexity index is 847. The van der Waals surface area contributed by atoms with E-state index < -0.39 is 0 Å². The molecule has 1 fully saturated rings. The Morgan fingerprint density at radius 2 is 1.79 bits per heavy atom. The van der Waals surface area contributed by atoms with E-state index >= 15 is 0 Å². The van der Waals surface area contributed by atoms with E-state index in [1.54, 1.807) is 6.20 Å². The first kappa shape index (κ1) is 19.4. The molecular formula is C22H26FN5O. The fourth-order valence-corrected chi connectivity index (χ4v) is 4.02. The van der Waals surface area contributed by atoms with Gasteiger partial charge in [0, 0.05) is 31.4 Å². The Labute approximate surface area is 170 Å². The second-order valence-electron chi connectivity index (χ2n) is 7.67. The van der Waals surface area contributed by atoms with Crippen LogP contribution in [0.5, 0.6) is 0 Å². The Morgan fingerprint density at radius 1 is 1.03 bits per heavy atom. The van der Waals surface area contributed by atoms with Crippen LogP contribution < -0.4 is 15.5 Å². The molecule has 6 nitrogen and oxygen atoms in total. The van der Waals surface area contributed by atoms with Gasteiger partial charge in [-0.15, -0.1) is 5.10 Å². The van der Waals surface area contributed by atoms with E-state index in [1.165, 1.54) is 17.7 Å². The fraction of sp³-hybridized carbons (Fsp3) is 0.409. The molecule has 1 aliphatic heterocycles. The summed E-state index contributed by atoms with van der Waals surface area (Å²) in [4.78, 5) is 14.6. The number of halogens is 1. The Hall–Kier alpha value is -2.96. The van der Waals surface area contributed by atoms with Gasteiger partial charge in [0.2, 0.25) is 0 Å². The topological polar surface area (TPSA) is 70.2 Å². The zero-order valence-electron chi connectivity index (χ0n) is 16.4. The minimum Gasteiger partial charge on any atom is -0.355 e. The number of aromatic nitrogens is 2. The van der Waals surface area contributed by atoms with Gasteiger partial charge in [-0.1, -0.05) is 18.2 Å². The number of nitrogens with one attached hydrogen (secondary N) is 2. The molecule has 29 heavy (non-hydrogen) atoms. The molecule has 1 aliphatic carbocycles. The number of allylic oxidation sites excluding steroid dienone is 1. The normalized spacial score (nSPS) is 20.1. The number of anilines is 1. The lowest BCUT2D eigenvalue weighted by Gasteiger charge is -2.33. The number of benzene rings is 1. The number of carbonyl (C=O) groups is 1. The largest absolute Gasteiger partial charge is 0.355 e. The predicted octanol–water partition coefficient (Wildman–Crippen LogP) is 3.52. The first-order valence-corrected chi connectivity index (χ1v) is 10.2. The molecule has 2 N–H and O–H groups in total. The van der Waals surface area contributed by atoms with Gasteiger partial charge >= 0.3 is 6.03 Å². The van der Waals surface area contributed by atoms with E-state index in [-0.39, 0.29) is 23.9 Å². The highest BCUT2D eigenvalue weighted by Gasteiger charge is 2.23. The predicted molar refractivity (Wildman–Crippen MR) is 111 cm³/mol. The highest BCUT2D eigenvalue weighted by Crippen LogP contribution is 2.27. The number of urea groups is 1. The molecule has 2 aromatic rings. The smallest absolute Gasteiger partial charge is 0.315 e. The summed E-state index contributed by atoms with van der Waals surface area (Å²) in [5.74, 6) is 0.672. The Morgan fingerprint density at radius 3 is 2.45 bits per heavy atom. The van der Waals surface area contributed by atoms with Crippen molar-refractivity contribution in [1.82, 2.24) is 20.8 Å². The van der Waals surface area contributed by atoms with Crippen molar-refractivity contribution in [1.29, 1.82) is 0 Å². The van der Waals surface area contributed by atoms with Crippen molar-refractivity contribution in [2.24, 2.45) is 0 Å². The quantitative estimate of drug-likeness (QED) is 0.831. The molecule has 7 heteroatoms. The molecule has 1 atom stereocenters. The van der Waals surface area contributed by atoms with Crippen LogP contribution in [0.3, 0.4) is 0 Å². The lowest BCUT2D eigenvalue weighted by molar-refractivity contribution is 0.229. The minimum absolute atomic E-state index is 0.0911. The molecule has 1 aromatic carbocycles. The highest BCUT2D eigenvalue weighted by molar-refractivity contribution is 5.75. The molecule has 2 aliphatic rings. The maximum absolute atomic E-state index is 13.1. The van der Waals surface area contributed by atoms with Crippen LogP contribution in [-0.4, -0.2) is 41.4 Å². The molecule has 0 saturated carbocycles. The average molecular weight is 395 g/mol. The van der Waals surface area contributed by atoms with Gasteiger partial charge in [-0.25, -0.2) is 9.18 Å². The van der Waals surface area contributed by atoms with Crippen molar-refractivity contribution < 1.29 is 9.18 Å². The van der Waals surface area contributed by atoms with E-state index in [9.17, 15) is 9.18 Å². The second-order valence-corrected chi connectivity index (χ2v) is 7.67. The number of rotatable bonds is 4. The highest BCUT2D eigenvalue weighted by atomic mass is 19.1. The summed E-state index contributed by atoms with van der Waals surface area (Å²) in [5, 5.41) is 14.3. The third-order valence-electron chi connectivity index (χ3n) is 5.67. The third-order valence-corrected chi connectivity index (χ3v) is 5.67. The summed E-state index contributed by atoms with van der Waals surface area (Å²) in [7, 11) is 0. The Balaban J connectivity index is 1.21. The van der Waals surface area contributed by atoms with E-state index in [0.29, 0.717) is 0 Å². The zero-order chi connectivity index (χ0) is 20.1. The van der Waals surface area contributed by atoms with Gasteiger partial charge in [0.15, 0.2) is 5.82 Å². The van der Waals surface area contributed by atoms with Gasteiger partial charge in [-0.05, 0) is 67.5 Å². The van der Waals surface area contributed by atoms with Crippen LogP contribution in [0.2, 0.25) is 0 Å². The summed E-state index contributed by atoms with van der Waals surface area (Å²) in [6.45, 7) is 1.72. The molecule has 0 bridgehead atoms. The molecule has 0 radical (unpaired) electrons. The molecule has 2 amide bonds. The van der Waals surface area contributed by atoms with Gasteiger partial charge in [-0.2, -0.15) is 5.10 Å². The van der Waals surface area contributed by atoms with E-state index in [2.05, 4.69) is 31.8 Å². The molecule has 2 heterocycles. The van der Waals surface area contributed by atoms with E-state index in [1.807, 2.05) is 24.3 Å². The van der Waals surface area contributed by atoms with Crippen molar-refractivity contribution in [2.75, 3.05) is 18.0 Å². The molecule has 152 valence electrons. The number of carbonyl (C=O) groups excluding carboxylic acids is 1. The van der Waals surface area contributed by atoms with Crippen LogP contribution in [0, 0.1) is 5.82 Å². The van der Waals surface area contributed by atoms with Crippen molar-refractivity contribution in [2.45, 2.75) is 44.2 Å². The first-order chi connectivity index (χ1) is 14.2. The SMILES string of the molecule is O=C(NC1CC=C(c2ccc(F)cc2)CC1)NC1CCN(c2cccnn2)CC1. The van der Waals surface area contributed by atoms with Crippen LogP contribution in [0.25, 0.3) is 5.57 Å². The summed E-state index contributed by atoms with van der Waals surface area (Å²) in [6, 6.07) is 10.7. The van der Waals surface area contributed by atoms with Gasteiger partial charge in [0.1, 0.15) is 5.82 Å². The number of hydrogen-bond acceptors (Lipinski definition) is 4. The molecule has 4 rings (SSSR count). The van der Waals surface area contributed by atoms with Crippen LogP contribution in [-0.2, 0) is 0 Å². The van der Waals surface area contributed by atoms with Gasteiger partial charge in [0.05, 0.1) is 0 Å². The van der Waals surface area contributed by atoms with Crippen molar-refractivity contribution in [3.8, 4) is 0 Å². The average Bonchev–Trinajstić information content (AvgIpc) is 2.76. The monoisotopic (exact) mass is 395 g/mol. The van der Waals surface area contributed by atoms with E-state index in [0.717, 1.165) is 56.6 Å². The lowest BCUT2D eigenvalue weighted by Crippen LogP contribution is -2.50. The lowest BCUT2D eigenvalue weighted by atomic mass is 9.91. The van der Waals surface area contributed by atoms with Crippen LogP contribution in [0.4, 0.5) is 15.0 Å². The Kier molecular flexibility index (Phi) is 6.03. The number of piperidine rings is 1. The third kappa shape index (κ3) is 5.10. The van der Waals surface area contributed by atoms with Crippen LogP contribution in [0.15, 0.2) is 48.7 Å². The van der Waals surface area contributed by atoms with Gasteiger partial charge < -0.3 is 15.5 Å². The maximum Gasteiger partial charge on any atom is 0.315 e. The van der Waals surface area contributed by atoms with Crippen LogP contribution in [0.1, 0.15) is 37.7 Å². The van der Waals surface area contributed by atoms with Crippen molar-refractivity contribution >= 4 is 17.4 Å².